The van der Waals surface area contributed by atoms with Gasteiger partial charge >= 0.3 is 0 Å². The van der Waals surface area contributed by atoms with Gasteiger partial charge in [-0.15, -0.1) is 0 Å². The average Bonchev–Trinajstić information content (AvgIpc) is 2.39. The minimum atomic E-state index is -0.0835. The van der Waals surface area contributed by atoms with E-state index in [-0.39, 0.29) is 6.61 Å². The Hall–Kier alpha value is -1.71. The number of aliphatic hydroxyl groups excluding tert-OH is 1. The van der Waals surface area contributed by atoms with Crippen LogP contribution < -0.4 is 9.64 Å². The Balaban J connectivity index is 2.30. The van der Waals surface area contributed by atoms with Crippen LogP contribution in [0.5, 0.6) is 11.5 Å². The normalized spacial score (nSPS) is 10.3. The molecule has 0 aliphatic rings. The van der Waals surface area contributed by atoms with Gasteiger partial charge in [0.05, 0.1) is 6.61 Å². The van der Waals surface area contributed by atoms with Gasteiger partial charge in [0, 0.05) is 36.4 Å². The Morgan fingerprint density at radius 2 is 1.95 bits per heavy atom. The summed E-state index contributed by atoms with van der Waals surface area (Å²) in [6, 6.07) is 12.9. The lowest BCUT2D eigenvalue weighted by Gasteiger charge is -2.15. The molecule has 0 saturated heterocycles. The molecular weight excluding hydrogens is 262 g/mol. The van der Waals surface area contributed by atoms with E-state index in [1.165, 1.54) is 0 Å². The van der Waals surface area contributed by atoms with Crippen molar-refractivity contribution in [2.24, 2.45) is 0 Å². The molecule has 0 unspecified atom stereocenters. The quantitative estimate of drug-likeness (QED) is 0.925. The molecule has 2 rings (SSSR count). The van der Waals surface area contributed by atoms with Crippen LogP contribution in [0, 0.1) is 0 Å². The molecule has 0 bridgehead atoms. The smallest absolute Gasteiger partial charge is 0.134 e. The van der Waals surface area contributed by atoms with E-state index in [9.17, 15) is 5.11 Å². The fourth-order valence-corrected chi connectivity index (χ4v) is 1.87. The van der Waals surface area contributed by atoms with Crippen LogP contribution in [0.2, 0.25) is 5.02 Å². The Kier molecular flexibility index (Phi) is 4.30. The minimum absolute atomic E-state index is 0.0835. The molecule has 0 spiro atoms. The van der Waals surface area contributed by atoms with E-state index in [1.807, 2.05) is 43.3 Å². The van der Waals surface area contributed by atoms with Crippen LogP contribution in [-0.2, 0) is 6.61 Å². The molecule has 1 N–H and O–H groups in total. The predicted molar refractivity (Wildman–Crippen MR) is 78.2 cm³/mol. The Labute approximate surface area is 118 Å². The topological polar surface area (TPSA) is 32.7 Å². The maximum atomic E-state index is 9.30. The van der Waals surface area contributed by atoms with Gasteiger partial charge in [0.2, 0.25) is 0 Å². The molecule has 19 heavy (non-hydrogen) atoms. The van der Waals surface area contributed by atoms with Crippen molar-refractivity contribution in [3.8, 4) is 11.5 Å². The second kappa shape index (κ2) is 5.95. The second-order valence-corrected chi connectivity index (χ2v) is 4.84. The van der Waals surface area contributed by atoms with Crippen molar-refractivity contribution >= 4 is 17.3 Å². The summed E-state index contributed by atoms with van der Waals surface area (Å²) in [6.45, 7) is -0.0835. The van der Waals surface area contributed by atoms with Gasteiger partial charge in [-0.2, -0.15) is 0 Å². The summed E-state index contributed by atoms with van der Waals surface area (Å²) < 4.78 is 5.80. The first-order valence-corrected chi connectivity index (χ1v) is 6.32. The average molecular weight is 278 g/mol. The highest BCUT2D eigenvalue weighted by atomic mass is 35.5. The lowest BCUT2D eigenvalue weighted by molar-refractivity contribution is 0.276. The number of hydrogen-bond donors (Lipinski definition) is 1. The second-order valence-electron chi connectivity index (χ2n) is 4.40. The molecule has 100 valence electrons. The van der Waals surface area contributed by atoms with E-state index in [0.717, 1.165) is 5.69 Å². The van der Waals surface area contributed by atoms with E-state index < -0.39 is 0 Å². The standard InChI is InChI=1S/C15H16ClNO2/c1-17(2)13-4-3-5-14(9-13)19-15-8-12(16)7-6-11(15)10-18/h3-9,18H,10H2,1-2H3. The van der Waals surface area contributed by atoms with Crippen LogP contribution >= 0.6 is 11.6 Å². The number of aliphatic hydroxyl groups is 1. The van der Waals surface area contributed by atoms with Crippen molar-refractivity contribution in [2.45, 2.75) is 6.61 Å². The van der Waals surface area contributed by atoms with Gasteiger partial charge in [-0.3, -0.25) is 0 Å². The van der Waals surface area contributed by atoms with Gasteiger partial charge in [-0.25, -0.2) is 0 Å². The van der Waals surface area contributed by atoms with Crippen LogP contribution in [0.3, 0.4) is 0 Å². The molecule has 2 aromatic rings. The predicted octanol–water partition coefficient (Wildman–Crippen LogP) is 3.69. The number of hydrogen-bond acceptors (Lipinski definition) is 3. The largest absolute Gasteiger partial charge is 0.457 e. The molecule has 0 aliphatic carbocycles. The minimum Gasteiger partial charge on any atom is -0.457 e. The Morgan fingerprint density at radius 3 is 2.63 bits per heavy atom. The SMILES string of the molecule is CN(C)c1cccc(Oc2cc(Cl)ccc2CO)c1. The molecule has 4 heteroatoms. The molecule has 2 aromatic carbocycles. The van der Waals surface area contributed by atoms with Gasteiger partial charge in [0.1, 0.15) is 11.5 Å². The molecule has 0 aliphatic heterocycles. The molecule has 0 fully saturated rings. The highest BCUT2D eigenvalue weighted by Crippen LogP contribution is 2.30. The third-order valence-electron chi connectivity index (χ3n) is 2.76. The zero-order chi connectivity index (χ0) is 13.8. The Bertz CT molecular complexity index is 570. The van der Waals surface area contributed by atoms with E-state index in [2.05, 4.69) is 0 Å². The first kappa shape index (κ1) is 13.7. The van der Waals surface area contributed by atoms with Crippen molar-refractivity contribution in [1.29, 1.82) is 0 Å². The van der Waals surface area contributed by atoms with Gasteiger partial charge < -0.3 is 14.7 Å². The summed E-state index contributed by atoms with van der Waals surface area (Å²) in [4.78, 5) is 2.00. The number of benzene rings is 2. The van der Waals surface area contributed by atoms with Crippen molar-refractivity contribution in [3.63, 3.8) is 0 Å². The maximum Gasteiger partial charge on any atom is 0.134 e. The number of halogens is 1. The first-order valence-electron chi connectivity index (χ1n) is 5.94. The van der Waals surface area contributed by atoms with Crippen LogP contribution in [0.15, 0.2) is 42.5 Å². The molecule has 0 aromatic heterocycles. The van der Waals surface area contributed by atoms with Gasteiger partial charge in [-0.05, 0) is 24.3 Å². The lowest BCUT2D eigenvalue weighted by Crippen LogP contribution is -2.08. The number of ether oxygens (including phenoxy) is 1. The molecule has 0 saturated carbocycles. The summed E-state index contributed by atoms with van der Waals surface area (Å²) in [7, 11) is 3.94. The highest BCUT2D eigenvalue weighted by molar-refractivity contribution is 6.30. The van der Waals surface area contributed by atoms with Crippen LogP contribution in [0.25, 0.3) is 0 Å². The summed E-state index contributed by atoms with van der Waals surface area (Å²) in [5, 5.41) is 9.88. The van der Waals surface area contributed by atoms with Gasteiger partial charge in [0.15, 0.2) is 0 Å². The summed E-state index contributed by atoms with van der Waals surface area (Å²) in [6.07, 6.45) is 0. The molecule has 3 nitrogen and oxygen atoms in total. The lowest BCUT2D eigenvalue weighted by atomic mass is 10.2. The molecule has 0 amide bonds. The summed E-state index contributed by atoms with van der Waals surface area (Å²) in [5.74, 6) is 1.29. The van der Waals surface area contributed by atoms with Crippen molar-refractivity contribution in [1.82, 2.24) is 0 Å². The van der Waals surface area contributed by atoms with E-state index >= 15 is 0 Å². The fourth-order valence-electron chi connectivity index (χ4n) is 1.71. The summed E-state index contributed by atoms with van der Waals surface area (Å²) >= 11 is 5.95. The fraction of sp³-hybridized carbons (Fsp3) is 0.200. The zero-order valence-corrected chi connectivity index (χ0v) is 11.7. The van der Waals surface area contributed by atoms with Gasteiger partial charge in [0.25, 0.3) is 0 Å². The highest BCUT2D eigenvalue weighted by Gasteiger charge is 2.06. The number of anilines is 1. The van der Waals surface area contributed by atoms with Crippen molar-refractivity contribution in [3.05, 3.63) is 53.1 Å². The zero-order valence-electron chi connectivity index (χ0n) is 10.9. The monoisotopic (exact) mass is 277 g/mol. The molecule has 0 atom stereocenters. The molecular formula is C15H16ClNO2. The van der Waals surface area contributed by atoms with E-state index in [1.54, 1.807) is 18.2 Å². The third-order valence-corrected chi connectivity index (χ3v) is 3.00. The van der Waals surface area contributed by atoms with Crippen LogP contribution in [0.4, 0.5) is 5.69 Å². The van der Waals surface area contributed by atoms with Gasteiger partial charge in [-0.1, -0.05) is 23.7 Å². The Morgan fingerprint density at radius 1 is 1.16 bits per heavy atom. The van der Waals surface area contributed by atoms with Crippen LogP contribution in [0.1, 0.15) is 5.56 Å². The summed E-state index contributed by atoms with van der Waals surface area (Å²) in [5.41, 5.74) is 1.75. The molecule has 0 heterocycles. The maximum absolute atomic E-state index is 9.30. The van der Waals surface area contributed by atoms with E-state index in [4.69, 9.17) is 16.3 Å². The van der Waals surface area contributed by atoms with Crippen molar-refractivity contribution < 1.29 is 9.84 Å². The third kappa shape index (κ3) is 3.40. The number of rotatable bonds is 4. The van der Waals surface area contributed by atoms with Crippen molar-refractivity contribution in [2.75, 3.05) is 19.0 Å². The number of nitrogens with zero attached hydrogens (tertiary/aromatic N) is 1. The van der Waals surface area contributed by atoms with E-state index in [0.29, 0.717) is 22.1 Å². The molecule has 0 radical (unpaired) electrons. The first-order chi connectivity index (χ1) is 9.10. The van der Waals surface area contributed by atoms with Crippen LogP contribution in [-0.4, -0.2) is 19.2 Å².